The Morgan fingerprint density at radius 3 is 2.73 bits per heavy atom. The summed E-state index contributed by atoms with van der Waals surface area (Å²) in [5.41, 5.74) is -0.172. The topological polar surface area (TPSA) is 32.7 Å². The summed E-state index contributed by atoms with van der Waals surface area (Å²) in [5.74, 6) is 0. The van der Waals surface area contributed by atoms with Gasteiger partial charge < -0.3 is 9.84 Å². The molecule has 0 amide bonds. The first-order chi connectivity index (χ1) is 5.15. The van der Waals surface area contributed by atoms with Gasteiger partial charge in [-0.3, -0.25) is 4.90 Å². The van der Waals surface area contributed by atoms with Gasteiger partial charge in [-0.05, 0) is 20.4 Å². The summed E-state index contributed by atoms with van der Waals surface area (Å²) in [6, 6.07) is 0. The Bertz CT molecular complexity index is 140. The van der Waals surface area contributed by atoms with Crippen LogP contribution in [-0.4, -0.2) is 49.0 Å². The van der Waals surface area contributed by atoms with Crippen LogP contribution in [0.3, 0.4) is 0 Å². The molecule has 3 heteroatoms. The minimum absolute atomic E-state index is 0.169. The highest BCUT2D eigenvalue weighted by Gasteiger charge is 2.42. The number of hydrogen-bond acceptors (Lipinski definition) is 3. The highest BCUT2D eigenvalue weighted by Crippen LogP contribution is 2.28. The second-order valence-electron chi connectivity index (χ2n) is 3.45. The minimum atomic E-state index is -0.172. The monoisotopic (exact) mass is 159 g/mol. The zero-order valence-corrected chi connectivity index (χ0v) is 7.50. The fraction of sp³-hybridized carbons (Fsp3) is 1.00. The van der Waals surface area contributed by atoms with Gasteiger partial charge in [0.25, 0.3) is 0 Å². The molecule has 3 nitrogen and oxygen atoms in total. The number of methoxy groups -OCH3 is 1. The van der Waals surface area contributed by atoms with E-state index in [1.807, 2.05) is 14.0 Å². The van der Waals surface area contributed by atoms with Crippen LogP contribution in [0.15, 0.2) is 0 Å². The summed E-state index contributed by atoms with van der Waals surface area (Å²) < 4.78 is 5.29. The van der Waals surface area contributed by atoms with E-state index in [1.165, 1.54) is 0 Å². The fourth-order valence-corrected chi connectivity index (χ4v) is 1.72. The van der Waals surface area contributed by atoms with Crippen molar-refractivity contribution in [3.8, 4) is 0 Å². The summed E-state index contributed by atoms with van der Waals surface area (Å²) in [6.45, 7) is 3.21. The van der Waals surface area contributed by atoms with E-state index in [0.29, 0.717) is 0 Å². The molecule has 1 fully saturated rings. The molecular formula is C8H17NO2. The quantitative estimate of drug-likeness (QED) is 0.619. The first kappa shape index (κ1) is 8.97. The Balaban J connectivity index is 2.70. The van der Waals surface area contributed by atoms with E-state index < -0.39 is 0 Å². The average molecular weight is 159 g/mol. The number of aliphatic hydroxyl groups excluding tert-OH is 1. The third kappa shape index (κ3) is 1.28. The van der Waals surface area contributed by atoms with Crippen molar-refractivity contribution in [2.24, 2.45) is 0 Å². The molecule has 1 rings (SSSR count). The molecule has 0 aliphatic carbocycles. The van der Waals surface area contributed by atoms with E-state index in [4.69, 9.17) is 4.74 Å². The third-order valence-electron chi connectivity index (χ3n) is 2.90. The Labute approximate surface area is 68.0 Å². The number of ether oxygens (including phenoxy) is 1. The Hall–Kier alpha value is -0.120. The predicted octanol–water partition coefficient (Wildman–Crippen LogP) is 0.0879. The number of likely N-dealkylation sites (N-methyl/N-ethyl adjacent to an activating group) is 1. The van der Waals surface area contributed by atoms with Crippen LogP contribution < -0.4 is 0 Å². The molecule has 1 heterocycles. The smallest absolute Gasteiger partial charge is 0.0786 e. The van der Waals surface area contributed by atoms with Crippen molar-refractivity contribution in [3.05, 3.63) is 0 Å². The van der Waals surface area contributed by atoms with Crippen molar-refractivity contribution >= 4 is 0 Å². The molecule has 0 bridgehead atoms. The van der Waals surface area contributed by atoms with Crippen LogP contribution in [0.2, 0.25) is 0 Å². The summed E-state index contributed by atoms with van der Waals surface area (Å²) in [5, 5.41) is 9.18. The molecule has 0 aromatic rings. The van der Waals surface area contributed by atoms with Gasteiger partial charge in [-0.2, -0.15) is 0 Å². The van der Waals surface area contributed by atoms with Gasteiger partial charge in [0.2, 0.25) is 0 Å². The van der Waals surface area contributed by atoms with E-state index in [9.17, 15) is 5.11 Å². The molecule has 11 heavy (non-hydrogen) atoms. The summed E-state index contributed by atoms with van der Waals surface area (Å²) >= 11 is 0. The fourth-order valence-electron chi connectivity index (χ4n) is 1.72. The standard InChI is InChI=1S/C8H17NO2/c1-8(6-10)7(11-3)4-5-9(8)2/h7,10H,4-6H2,1-3H3/t7-,8-/m0/s1. The van der Waals surface area contributed by atoms with Crippen LogP contribution in [0, 0.1) is 0 Å². The van der Waals surface area contributed by atoms with Crippen LogP contribution in [0.4, 0.5) is 0 Å². The maximum atomic E-state index is 9.18. The summed E-state index contributed by atoms with van der Waals surface area (Å²) in [6.07, 6.45) is 1.20. The molecule has 0 unspecified atom stereocenters. The van der Waals surface area contributed by atoms with E-state index in [-0.39, 0.29) is 18.2 Å². The zero-order valence-electron chi connectivity index (χ0n) is 7.50. The van der Waals surface area contributed by atoms with Crippen LogP contribution in [0.1, 0.15) is 13.3 Å². The van der Waals surface area contributed by atoms with Crippen molar-refractivity contribution < 1.29 is 9.84 Å². The van der Waals surface area contributed by atoms with E-state index >= 15 is 0 Å². The lowest BCUT2D eigenvalue weighted by Crippen LogP contribution is -2.49. The molecular weight excluding hydrogens is 142 g/mol. The van der Waals surface area contributed by atoms with Crippen LogP contribution in [0.25, 0.3) is 0 Å². The first-order valence-electron chi connectivity index (χ1n) is 4.00. The van der Waals surface area contributed by atoms with Crippen molar-refractivity contribution in [3.63, 3.8) is 0 Å². The molecule has 1 aliphatic rings. The zero-order chi connectivity index (χ0) is 8.48. The second kappa shape index (κ2) is 3.09. The van der Waals surface area contributed by atoms with E-state index in [0.717, 1.165) is 13.0 Å². The molecule has 0 aromatic carbocycles. The number of nitrogens with zero attached hydrogens (tertiary/aromatic N) is 1. The summed E-state index contributed by atoms with van der Waals surface area (Å²) in [4.78, 5) is 2.15. The highest BCUT2D eigenvalue weighted by molar-refractivity contribution is 4.97. The Kier molecular flexibility index (Phi) is 2.52. The van der Waals surface area contributed by atoms with Gasteiger partial charge in [-0.25, -0.2) is 0 Å². The van der Waals surface area contributed by atoms with Gasteiger partial charge >= 0.3 is 0 Å². The van der Waals surface area contributed by atoms with Gasteiger partial charge in [0.1, 0.15) is 0 Å². The van der Waals surface area contributed by atoms with Gasteiger partial charge in [-0.1, -0.05) is 0 Å². The molecule has 0 spiro atoms. The largest absolute Gasteiger partial charge is 0.394 e. The maximum Gasteiger partial charge on any atom is 0.0786 e. The number of aliphatic hydroxyl groups is 1. The molecule has 1 aliphatic heterocycles. The Morgan fingerprint density at radius 2 is 2.36 bits per heavy atom. The lowest BCUT2D eigenvalue weighted by molar-refractivity contribution is -0.0154. The van der Waals surface area contributed by atoms with Crippen LogP contribution in [0.5, 0.6) is 0 Å². The number of likely N-dealkylation sites (tertiary alicyclic amines) is 1. The van der Waals surface area contributed by atoms with Crippen molar-refractivity contribution in [1.82, 2.24) is 4.90 Å². The first-order valence-corrected chi connectivity index (χ1v) is 4.00. The van der Waals surface area contributed by atoms with Crippen LogP contribution >= 0.6 is 0 Å². The maximum absolute atomic E-state index is 9.18. The number of hydrogen-bond donors (Lipinski definition) is 1. The van der Waals surface area contributed by atoms with Gasteiger partial charge in [-0.15, -0.1) is 0 Å². The molecule has 1 saturated heterocycles. The van der Waals surface area contributed by atoms with Gasteiger partial charge in [0, 0.05) is 13.7 Å². The molecule has 1 N–H and O–H groups in total. The molecule has 2 atom stereocenters. The van der Waals surface area contributed by atoms with E-state index in [1.54, 1.807) is 7.11 Å². The highest BCUT2D eigenvalue weighted by atomic mass is 16.5. The molecule has 0 aromatic heterocycles. The third-order valence-corrected chi connectivity index (χ3v) is 2.90. The minimum Gasteiger partial charge on any atom is -0.394 e. The Morgan fingerprint density at radius 1 is 1.73 bits per heavy atom. The summed E-state index contributed by atoms with van der Waals surface area (Å²) in [7, 11) is 3.73. The normalized spacial score (nSPS) is 39.8. The van der Waals surface area contributed by atoms with Crippen molar-refractivity contribution in [2.45, 2.75) is 25.0 Å². The average Bonchev–Trinajstić information content (AvgIpc) is 2.30. The predicted molar refractivity (Wildman–Crippen MR) is 43.5 cm³/mol. The van der Waals surface area contributed by atoms with E-state index in [2.05, 4.69) is 4.90 Å². The van der Waals surface area contributed by atoms with Crippen LogP contribution in [-0.2, 0) is 4.74 Å². The number of rotatable bonds is 2. The lowest BCUT2D eigenvalue weighted by Gasteiger charge is -2.34. The lowest BCUT2D eigenvalue weighted by atomic mass is 9.97. The van der Waals surface area contributed by atoms with Crippen molar-refractivity contribution in [2.75, 3.05) is 27.3 Å². The SMILES string of the molecule is CO[C@H]1CCN(C)[C@@]1(C)CO. The molecule has 66 valence electrons. The molecule has 0 radical (unpaired) electrons. The van der Waals surface area contributed by atoms with Gasteiger partial charge in [0.15, 0.2) is 0 Å². The van der Waals surface area contributed by atoms with Gasteiger partial charge in [0.05, 0.1) is 18.2 Å². The van der Waals surface area contributed by atoms with Crippen molar-refractivity contribution in [1.29, 1.82) is 0 Å². The second-order valence-corrected chi connectivity index (χ2v) is 3.45. The molecule has 0 saturated carbocycles.